The number of H-pyrrole nitrogens is 2. The lowest BCUT2D eigenvalue weighted by molar-refractivity contribution is 0.0208. The van der Waals surface area contributed by atoms with Gasteiger partial charge in [-0.25, -0.2) is 19.6 Å². The lowest BCUT2D eigenvalue weighted by Crippen LogP contribution is -2.36. The highest BCUT2D eigenvalue weighted by Gasteiger charge is 2.36. The summed E-state index contributed by atoms with van der Waals surface area (Å²) in [5.41, 5.74) is 3.12. The van der Waals surface area contributed by atoms with Crippen molar-refractivity contribution in [3.8, 4) is 42.0 Å². The number of carbonyl (C=O) groups excluding carboxylic acids is 2. The predicted octanol–water partition coefficient (Wildman–Crippen LogP) is 10.1. The van der Waals surface area contributed by atoms with Gasteiger partial charge in [0.2, 0.25) is 0 Å². The number of thiophene rings is 2. The molecule has 50 heavy (non-hydrogen) atoms. The number of aromatic nitrogens is 4. The zero-order valence-electron chi connectivity index (χ0n) is 29.4. The summed E-state index contributed by atoms with van der Waals surface area (Å²) in [6, 6.07) is 17.0. The van der Waals surface area contributed by atoms with E-state index in [2.05, 4.69) is 68.5 Å². The molecule has 5 aromatic rings. The van der Waals surface area contributed by atoms with Gasteiger partial charge in [-0.1, -0.05) is 24.3 Å². The van der Waals surface area contributed by atoms with Gasteiger partial charge in [-0.3, -0.25) is 9.80 Å². The van der Waals surface area contributed by atoms with Crippen molar-refractivity contribution in [2.75, 3.05) is 13.1 Å². The summed E-state index contributed by atoms with van der Waals surface area (Å²) < 4.78 is 11.3. The largest absolute Gasteiger partial charge is 0.444 e. The Morgan fingerprint density at radius 2 is 1.02 bits per heavy atom. The summed E-state index contributed by atoms with van der Waals surface area (Å²) in [4.78, 5) is 50.1. The molecule has 262 valence electrons. The molecular weight excluding hydrogens is 669 g/mol. The molecule has 0 unspecified atom stereocenters. The number of nitrogens with one attached hydrogen (secondary N) is 2. The fourth-order valence-corrected chi connectivity index (χ4v) is 8.47. The average molecular weight is 713 g/mol. The maximum atomic E-state index is 12.8. The Morgan fingerprint density at radius 3 is 1.40 bits per heavy atom. The van der Waals surface area contributed by atoms with Gasteiger partial charge in [0.05, 0.1) is 45.6 Å². The van der Waals surface area contributed by atoms with E-state index in [0.717, 1.165) is 69.6 Å². The van der Waals surface area contributed by atoms with Crippen LogP contribution in [-0.4, -0.2) is 66.2 Å². The smallest absolute Gasteiger partial charge is 0.410 e. The Labute approximate surface area is 300 Å². The van der Waals surface area contributed by atoms with E-state index in [1.54, 1.807) is 32.5 Å². The van der Waals surface area contributed by atoms with Crippen molar-refractivity contribution in [1.29, 1.82) is 0 Å². The van der Waals surface area contributed by atoms with Gasteiger partial charge in [-0.2, -0.15) is 0 Å². The van der Waals surface area contributed by atoms with Crippen molar-refractivity contribution in [2.24, 2.45) is 0 Å². The van der Waals surface area contributed by atoms with Crippen LogP contribution in [0.15, 0.2) is 60.9 Å². The van der Waals surface area contributed by atoms with Crippen LogP contribution in [0.3, 0.4) is 0 Å². The van der Waals surface area contributed by atoms with Crippen LogP contribution in [0.25, 0.3) is 42.0 Å². The minimum absolute atomic E-state index is 0.111. The molecule has 10 nitrogen and oxygen atoms in total. The van der Waals surface area contributed by atoms with Crippen molar-refractivity contribution in [1.82, 2.24) is 29.7 Å². The Hall–Kier alpha value is -4.42. The lowest BCUT2D eigenvalue weighted by atomic mass is 10.1. The zero-order valence-corrected chi connectivity index (χ0v) is 31.0. The first kappa shape index (κ1) is 34.0. The van der Waals surface area contributed by atoms with E-state index in [-0.39, 0.29) is 24.3 Å². The highest BCUT2D eigenvalue weighted by Crippen LogP contribution is 2.39. The Morgan fingerprint density at radius 1 is 0.640 bits per heavy atom. The zero-order chi connectivity index (χ0) is 35.2. The van der Waals surface area contributed by atoms with E-state index in [9.17, 15) is 9.59 Å². The first-order chi connectivity index (χ1) is 23.8. The van der Waals surface area contributed by atoms with Crippen LogP contribution in [0.5, 0.6) is 0 Å². The van der Waals surface area contributed by atoms with Crippen LogP contribution in [0, 0.1) is 0 Å². The molecule has 2 fully saturated rings. The van der Waals surface area contributed by atoms with Gasteiger partial charge in [0.15, 0.2) is 0 Å². The molecule has 0 aliphatic carbocycles. The third-order valence-corrected chi connectivity index (χ3v) is 11.1. The number of carbonyl (C=O) groups is 2. The number of hydrogen-bond donors (Lipinski definition) is 2. The number of nitrogens with zero attached hydrogens (tertiary/aromatic N) is 4. The van der Waals surface area contributed by atoms with Gasteiger partial charge in [0.25, 0.3) is 0 Å². The monoisotopic (exact) mass is 712 g/mol. The summed E-state index contributed by atoms with van der Waals surface area (Å²) in [5, 5.41) is 0. The van der Waals surface area contributed by atoms with E-state index in [1.807, 2.05) is 53.9 Å². The second kappa shape index (κ2) is 13.4. The van der Waals surface area contributed by atoms with Crippen LogP contribution in [0.4, 0.5) is 9.59 Å². The van der Waals surface area contributed by atoms with Gasteiger partial charge < -0.3 is 19.4 Å². The van der Waals surface area contributed by atoms with Crippen molar-refractivity contribution in [3.05, 3.63) is 72.6 Å². The number of imidazole rings is 2. The fourth-order valence-electron chi connectivity index (χ4n) is 6.52. The normalized spacial score (nSPS) is 18.2. The summed E-state index contributed by atoms with van der Waals surface area (Å²) in [6.07, 6.45) is 6.71. The standard InChI is InChI=1S/C38H44N6O4S2/c1-37(2,3)47-35(45)43-19-7-9-27(43)33-39-21-25(41-33)31-17-15-29(49-31)23-11-13-24(14-12-23)30-16-18-32(50-30)26-22-40-34(42-26)28-10-8-20-44(28)36(46)48-38(4,5)6/h11-18,21-22,27-28H,7-10,19-20H2,1-6H3,(H,39,41)(H,40,42)/t27-,28-/m1/s1. The maximum Gasteiger partial charge on any atom is 0.410 e. The third-order valence-electron chi connectivity index (χ3n) is 8.78. The number of ether oxygens (including phenoxy) is 2. The van der Waals surface area contributed by atoms with Gasteiger partial charge in [0.1, 0.15) is 22.9 Å². The van der Waals surface area contributed by atoms with Crippen molar-refractivity contribution in [2.45, 2.75) is 90.5 Å². The number of aromatic amines is 2. The van der Waals surface area contributed by atoms with Gasteiger partial charge in [-0.05, 0) is 103 Å². The molecule has 7 rings (SSSR count). The lowest BCUT2D eigenvalue weighted by Gasteiger charge is -2.27. The molecule has 0 bridgehead atoms. The molecule has 2 atom stereocenters. The molecule has 2 aliphatic heterocycles. The highest BCUT2D eigenvalue weighted by atomic mass is 32.1. The molecule has 6 heterocycles. The summed E-state index contributed by atoms with van der Waals surface area (Å²) in [6.45, 7) is 12.7. The van der Waals surface area contributed by atoms with Crippen molar-refractivity contribution in [3.63, 3.8) is 0 Å². The summed E-state index contributed by atoms with van der Waals surface area (Å²) in [5.74, 6) is 1.59. The number of likely N-dealkylation sites (tertiary alicyclic amines) is 2. The second-order valence-electron chi connectivity index (χ2n) is 14.9. The van der Waals surface area contributed by atoms with E-state index in [4.69, 9.17) is 9.47 Å². The van der Waals surface area contributed by atoms with E-state index >= 15 is 0 Å². The Bertz CT molecular complexity index is 1830. The first-order valence-corrected chi connectivity index (χ1v) is 18.8. The SMILES string of the molecule is CC(C)(C)OC(=O)N1CCC[C@@H]1c1ncc(-c2ccc(-c3ccc(-c4ccc(-c5cnc([C@H]6CCCN6C(=O)OC(C)(C)C)[nH]5)s4)cc3)s2)[nH]1. The molecule has 0 saturated carbocycles. The average Bonchev–Trinajstić information content (AvgIpc) is 3.90. The molecule has 2 saturated heterocycles. The predicted molar refractivity (Wildman–Crippen MR) is 198 cm³/mol. The van der Waals surface area contributed by atoms with Crippen molar-refractivity contribution < 1.29 is 19.1 Å². The van der Waals surface area contributed by atoms with Gasteiger partial charge in [0, 0.05) is 22.8 Å². The number of benzene rings is 1. The first-order valence-electron chi connectivity index (χ1n) is 17.2. The fraction of sp³-hybridized carbons (Fsp3) is 0.421. The van der Waals surface area contributed by atoms with Gasteiger partial charge >= 0.3 is 12.2 Å². The topological polar surface area (TPSA) is 116 Å². The quantitative estimate of drug-likeness (QED) is 0.181. The number of rotatable bonds is 6. The summed E-state index contributed by atoms with van der Waals surface area (Å²) in [7, 11) is 0. The molecular formula is C38H44N6O4S2. The number of amides is 2. The maximum absolute atomic E-state index is 12.8. The molecule has 0 radical (unpaired) electrons. The second-order valence-corrected chi connectivity index (χ2v) is 17.1. The molecule has 4 aromatic heterocycles. The van der Waals surface area contributed by atoms with E-state index in [0.29, 0.717) is 13.1 Å². The van der Waals surface area contributed by atoms with Crippen LogP contribution in [-0.2, 0) is 9.47 Å². The number of hydrogen-bond acceptors (Lipinski definition) is 8. The van der Waals surface area contributed by atoms with Gasteiger partial charge in [-0.15, -0.1) is 22.7 Å². The summed E-state index contributed by atoms with van der Waals surface area (Å²) >= 11 is 3.43. The Kier molecular flexibility index (Phi) is 9.10. The van der Waals surface area contributed by atoms with E-state index < -0.39 is 11.2 Å². The molecule has 2 aliphatic rings. The van der Waals surface area contributed by atoms with Crippen LogP contribution in [0.1, 0.15) is 91.0 Å². The minimum Gasteiger partial charge on any atom is -0.444 e. The Balaban J connectivity index is 1.01. The van der Waals surface area contributed by atoms with Crippen LogP contribution >= 0.6 is 22.7 Å². The van der Waals surface area contributed by atoms with Crippen molar-refractivity contribution >= 4 is 34.9 Å². The van der Waals surface area contributed by atoms with Crippen LogP contribution in [0.2, 0.25) is 0 Å². The minimum atomic E-state index is -0.536. The highest BCUT2D eigenvalue weighted by molar-refractivity contribution is 7.19. The molecule has 2 amide bonds. The molecule has 2 N–H and O–H groups in total. The molecule has 0 spiro atoms. The van der Waals surface area contributed by atoms with E-state index in [1.165, 1.54) is 9.75 Å². The van der Waals surface area contributed by atoms with Crippen LogP contribution < -0.4 is 0 Å². The molecule has 1 aromatic carbocycles. The molecule has 12 heteroatoms. The third kappa shape index (κ3) is 7.36.